The molecule has 1 saturated heterocycles. The summed E-state index contributed by atoms with van der Waals surface area (Å²) in [6.07, 6.45) is 0.244. The van der Waals surface area contributed by atoms with Gasteiger partial charge in [-0.3, -0.25) is 29.4 Å². The molecule has 0 spiro atoms. The van der Waals surface area contributed by atoms with E-state index >= 15 is 0 Å². The van der Waals surface area contributed by atoms with E-state index < -0.39 is 29.7 Å². The Morgan fingerprint density at radius 2 is 1.74 bits per heavy atom. The van der Waals surface area contributed by atoms with Gasteiger partial charge in [0.2, 0.25) is 11.8 Å². The number of benzene rings is 2. The summed E-state index contributed by atoms with van der Waals surface area (Å²) < 4.78 is 0. The highest BCUT2D eigenvalue weighted by Gasteiger charge is 2.44. The number of imide groups is 2. The van der Waals surface area contributed by atoms with Crippen LogP contribution in [0.4, 0.5) is 11.4 Å². The molecule has 0 bridgehead atoms. The Balaban J connectivity index is 1.63. The number of fused-ring (bicyclic) bond motifs is 1. The van der Waals surface area contributed by atoms with Crippen LogP contribution in [0.2, 0.25) is 0 Å². The number of carbonyl (C=O) groups is 4. The first-order valence-electron chi connectivity index (χ1n) is 8.64. The first-order valence-corrected chi connectivity index (χ1v) is 8.64. The first kappa shape index (κ1) is 17.0. The van der Waals surface area contributed by atoms with E-state index in [-0.39, 0.29) is 24.0 Å². The normalized spacial score (nSPS) is 19.1. The number of hydrogen-bond donors (Lipinski definition) is 2. The van der Waals surface area contributed by atoms with E-state index in [9.17, 15) is 19.2 Å². The SMILES string of the molecule is Cc1ccccc1Nc1ccc2c(c1)C(=O)N(C1CCC(=O)NC1=O)C2=O. The fourth-order valence-corrected chi connectivity index (χ4v) is 3.42. The maximum atomic E-state index is 12.8. The van der Waals surface area contributed by atoms with Gasteiger partial charge in [-0.1, -0.05) is 18.2 Å². The average molecular weight is 363 g/mol. The van der Waals surface area contributed by atoms with Gasteiger partial charge in [-0.15, -0.1) is 0 Å². The van der Waals surface area contributed by atoms with Crippen LogP contribution in [-0.2, 0) is 9.59 Å². The van der Waals surface area contributed by atoms with E-state index in [1.807, 2.05) is 31.2 Å². The van der Waals surface area contributed by atoms with Crippen LogP contribution < -0.4 is 10.6 Å². The lowest BCUT2D eigenvalue weighted by Gasteiger charge is -2.27. The summed E-state index contributed by atoms with van der Waals surface area (Å²) in [6.45, 7) is 1.97. The molecule has 2 heterocycles. The first-order chi connectivity index (χ1) is 13.0. The monoisotopic (exact) mass is 363 g/mol. The zero-order valence-electron chi connectivity index (χ0n) is 14.6. The van der Waals surface area contributed by atoms with Crippen LogP contribution in [0.5, 0.6) is 0 Å². The Morgan fingerprint density at radius 1 is 1.00 bits per heavy atom. The van der Waals surface area contributed by atoms with Gasteiger partial charge in [0.1, 0.15) is 6.04 Å². The molecule has 2 aromatic carbocycles. The van der Waals surface area contributed by atoms with Gasteiger partial charge in [0.05, 0.1) is 11.1 Å². The fourth-order valence-electron chi connectivity index (χ4n) is 3.42. The van der Waals surface area contributed by atoms with Gasteiger partial charge >= 0.3 is 0 Å². The highest BCUT2D eigenvalue weighted by Crippen LogP contribution is 2.30. The molecule has 2 aliphatic rings. The Kier molecular flexibility index (Phi) is 3.99. The third-order valence-electron chi connectivity index (χ3n) is 4.86. The van der Waals surface area contributed by atoms with Gasteiger partial charge in [-0.2, -0.15) is 0 Å². The van der Waals surface area contributed by atoms with Crippen molar-refractivity contribution in [3.63, 3.8) is 0 Å². The Hall–Kier alpha value is -3.48. The van der Waals surface area contributed by atoms with Crippen LogP contribution in [0.3, 0.4) is 0 Å². The van der Waals surface area contributed by atoms with Crippen molar-refractivity contribution in [1.29, 1.82) is 0 Å². The van der Waals surface area contributed by atoms with Crippen LogP contribution >= 0.6 is 0 Å². The summed E-state index contributed by atoms with van der Waals surface area (Å²) in [5.41, 5.74) is 3.14. The van der Waals surface area contributed by atoms with Gasteiger partial charge in [0, 0.05) is 17.8 Å². The number of para-hydroxylation sites is 1. The van der Waals surface area contributed by atoms with Gasteiger partial charge in [-0.05, 0) is 43.2 Å². The smallest absolute Gasteiger partial charge is 0.262 e. The van der Waals surface area contributed by atoms with E-state index in [1.54, 1.807) is 18.2 Å². The molecule has 1 atom stereocenters. The zero-order valence-corrected chi connectivity index (χ0v) is 14.6. The standard InChI is InChI=1S/C20H17N3O4/c1-11-4-2-3-5-15(11)21-12-6-7-13-14(10-12)20(27)23(19(13)26)16-8-9-17(24)22-18(16)25/h2-7,10,16,21H,8-9H2,1H3,(H,22,24,25). The van der Waals surface area contributed by atoms with Gasteiger partial charge in [-0.25, -0.2) is 0 Å². The molecule has 4 rings (SSSR count). The van der Waals surface area contributed by atoms with Gasteiger partial charge in [0.25, 0.3) is 11.8 Å². The van der Waals surface area contributed by atoms with Crippen molar-refractivity contribution >= 4 is 35.0 Å². The number of hydrogen-bond acceptors (Lipinski definition) is 5. The van der Waals surface area contributed by atoms with E-state index in [4.69, 9.17) is 0 Å². The van der Waals surface area contributed by atoms with E-state index in [2.05, 4.69) is 10.6 Å². The molecule has 2 N–H and O–H groups in total. The molecule has 0 aromatic heterocycles. The average Bonchev–Trinajstić information content (AvgIpc) is 2.88. The second-order valence-electron chi connectivity index (χ2n) is 6.65. The van der Waals surface area contributed by atoms with E-state index in [0.29, 0.717) is 5.69 Å². The van der Waals surface area contributed by atoms with E-state index in [1.165, 1.54) is 0 Å². The van der Waals surface area contributed by atoms with Crippen molar-refractivity contribution < 1.29 is 19.2 Å². The van der Waals surface area contributed by atoms with Crippen molar-refractivity contribution in [2.75, 3.05) is 5.32 Å². The minimum atomic E-state index is -0.956. The topological polar surface area (TPSA) is 95.6 Å². The van der Waals surface area contributed by atoms with Crippen molar-refractivity contribution in [3.8, 4) is 0 Å². The maximum Gasteiger partial charge on any atom is 0.262 e. The summed E-state index contributed by atoms with van der Waals surface area (Å²) in [5.74, 6) is -2.03. The van der Waals surface area contributed by atoms with Crippen LogP contribution in [0.15, 0.2) is 42.5 Å². The second kappa shape index (κ2) is 6.35. The number of nitrogens with one attached hydrogen (secondary N) is 2. The summed E-state index contributed by atoms with van der Waals surface area (Å²) in [6, 6.07) is 11.7. The van der Waals surface area contributed by atoms with Crippen molar-refractivity contribution in [2.24, 2.45) is 0 Å². The Labute approximate surface area is 155 Å². The number of amides is 4. The summed E-state index contributed by atoms with van der Waals surface area (Å²) >= 11 is 0. The second-order valence-corrected chi connectivity index (χ2v) is 6.65. The summed E-state index contributed by atoms with van der Waals surface area (Å²) in [5, 5.41) is 5.43. The molecule has 27 heavy (non-hydrogen) atoms. The minimum Gasteiger partial charge on any atom is -0.355 e. The van der Waals surface area contributed by atoms with Crippen molar-refractivity contribution in [3.05, 3.63) is 59.2 Å². The molecule has 1 fully saturated rings. The van der Waals surface area contributed by atoms with Crippen LogP contribution in [0.25, 0.3) is 0 Å². The maximum absolute atomic E-state index is 12.8. The molecule has 0 aliphatic carbocycles. The molecule has 136 valence electrons. The Morgan fingerprint density at radius 3 is 2.48 bits per heavy atom. The highest BCUT2D eigenvalue weighted by molar-refractivity contribution is 6.23. The van der Waals surface area contributed by atoms with Crippen LogP contribution in [0, 0.1) is 6.92 Å². The minimum absolute atomic E-state index is 0.101. The molecular formula is C20H17N3O4. The third kappa shape index (κ3) is 2.87. The van der Waals surface area contributed by atoms with Crippen LogP contribution in [0.1, 0.15) is 39.1 Å². The number of carbonyl (C=O) groups excluding carboxylic acids is 4. The summed E-state index contributed by atoms with van der Waals surface area (Å²) in [7, 11) is 0. The van der Waals surface area contributed by atoms with Crippen molar-refractivity contribution in [2.45, 2.75) is 25.8 Å². The number of rotatable bonds is 3. The Bertz CT molecular complexity index is 998. The predicted molar refractivity (Wildman–Crippen MR) is 97.6 cm³/mol. The molecule has 2 aliphatic heterocycles. The largest absolute Gasteiger partial charge is 0.355 e. The molecule has 7 heteroatoms. The molecule has 0 radical (unpaired) electrons. The highest BCUT2D eigenvalue weighted by atomic mass is 16.2. The van der Waals surface area contributed by atoms with Crippen molar-refractivity contribution in [1.82, 2.24) is 10.2 Å². The quantitative estimate of drug-likeness (QED) is 0.815. The fraction of sp³-hybridized carbons (Fsp3) is 0.200. The van der Waals surface area contributed by atoms with E-state index in [0.717, 1.165) is 16.2 Å². The number of anilines is 2. The molecule has 0 saturated carbocycles. The van der Waals surface area contributed by atoms with Crippen LogP contribution in [-0.4, -0.2) is 34.6 Å². The number of nitrogens with zero attached hydrogens (tertiary/aromatic N) is 1. The molecule has 1 unspecified atom stereocenters. The summed E-state index contributed by atoms with van der Waals surface area (Å²) in [4.78, 5) is 49.9. The van der Waals surface area contributed by atoms with Gasteiger partial charge in [0.15, 0.2) is 0 Å². The molecule has 2 aromatic rings. The lowest BCUT2D eigenvalue weighted by molar-refractivity contribution is -0.136. The number of piperidine rings is 1. The zero-order chi connectivity index (χ0) is 19.1. The molecule has 7 nitrogen and oxygen atoms in total. The predicted octanol–water partition coefficient (Wildman–Crippen LogP) is 2.14. The molecular weight excluding hydrogens is 346 g/mol. The number of aryl methyl sites for hydroxylation is 1. The van der Waals surface area contributed by atoms with Gasteiger partial charge < -0.3 is 5.32 Å². The lowest BCUT2D eigenvalue weighted by atomic mass is 10.0. The molecule has 4 amide bonds. The lowest BCUT2D eigenvalue weighted by Crippen LogP contribution is -2.54. The third-order valence-corrected chi connectivity index (χ3v) is 4.86.